The molecule has 20 heavy (non-hydrogen) atoms. The minimum absolute atomic E-state index is 0. The van der Waals surface area contributed by atoms with E-state index in [0.717, 1.165) is 18.3 Å². The number of likely N-dealkylation sites (tertiary alicyclic amines) is 1. The van der Waals surface area contributed by atoms with E-state index in [9.17, 15) is 0 Å². The number of halogens is 1. The number of hydrogen-bond donors (Lipinski definition) is 1. The number of ether oxygens (including phenoxy) is 1. The van der Waals surface area contributed by atoms with Gasteiger partial charge < -0.3 is 10.1 Å². The van der Waals surface area contributed by atoms with E-state index in [2.05, 4.69) is 35.3 Å². The summed E-state index contributed by atoms with van der Waals surface area (Å²) in [6, 6.07) is 8.05. The molecule has 2 heterocycles. The van der Waals surface area contributed by atoms with Gasteiger partial charge in [-0.2, -0.15) is 0 Å². The van der Waals surface area contributed by atoms with E-state index < -0.39 is 0 Å². The second kappa shape index (κ2) is 6.79. The van der Waals surface area contributed by atoms with Gasteiger partial charge in [0.25, 0.3) is 0 Å². The Morgan fingerprint density at radius 3 is 2.85 bits per heavy atom. The number of nitrogens with zero attached hydrogens (tertiary/aromatic N) is 1. The van der Waals surface area contributed by atoms with Crippen LogP contribution in [0, 0.1) is 6.92 Å². The van der Waals surface area contributed by atoms with Crippen LogP contribution in [0.15, 0.2) is 18.2 Å². The van der Waals surface area contributed by atoms with E-state index in [-0.39, 0.29) is 12.4 Å². The van der Waals surface area contributed by atoms with Crippen LogP contribution in [-0.2, 0) is 6.54 Å². The molecule has 2 atom stereocenters. The lowest BCUT2D eigenvalue weighted by Crippen LogP contribution is -2.34. The SMILES string of the molecule is COc1cc(CN2CCC3CCC(C2)N3)ccc1C.Cl. The number of fused-ring (bicyclic) bond motifs is 2. The van der Waals surface area contributed by atoms with E-state index in [1.165, 1.54) is 43.5 Å². The molecule has 2 aliphatic heterocycles. The fourth-order valence-corrected chi connectivity index (χ4v) is 3.38. The molecule has 0 radical (unpaired) electrons. The number of hydrogen-bond acceptors (Lipinski definition) is 3. The van der Waals surface area contributed by atoms with Crippen LogP contribution in [0.1, 0.15) is 30.4 Å². The molecule has 112 valence electrons. The first kappa shape index (κ1) is 15.6. The van der Waals surface area contributed by atoms with Gasteiger partial charge in [-0.1, -0.05) is 12.1 Å². The number of benzene rings is 1. The van der Waals surface area contributed by atoms with Gasteiger partial charge in [-0.3, -0.25) is 4.90 Å². The summed E-state index contributed by atoms with van der Waals surface area (Å²) in [4.78, 5) is 2.58. The van der Waals surface area contributed by atoms with E-state index >= 15 is 0 Å². The van der Waals surface area contributed by atoms with E-state index in [1.54, 1.807) is 7.11 Å². The van der Waals surface area contributed by atoms with Gasteiger partial charge in [0.15, 0.2) is 0 Å². The van der Waals surface area contributed by atoms with Gasteiger partial charge in [-0.15, -0.1) is 12.4 Å². The Hall–Kier alpha value is -0.770. The van der Waals surface area contributed by atoms with Gasteiger partial charge in [0.1, 0.15) is 5.75 Å². The summed E-state index contributed by atoms with van der Waals surface area (Å²) in [5, 5.41) is 3.73. The lowest BCUT2D eigenvalue weighted by molar-refractivity contribution is 0.250. The van der Waals surface area contributed by atoms with Crippen molar-refractivity contribution in [1.82, 2.24) is 10.2 Å². The van der Waals surface area contributed by atoms with E-state index in [0.29, 0.717) is 6.04 Å². The zero-order valence-corrected chi connectivity index (χ0v) is 13.2. The van der Waals surface area contributed by atoms with Crippen molar-refractivity contribution in [2.75, 3.05) is 20.2 Å². The Kier molecular flexibility index (Phi) is 5.30. The standard InChI is InChI=1S/C16H24N2O.ClH/c1-12-3-4-13(9-16(12)19-2)10-18-8-7-14-5-6-15(11-18)17-14;/h3-4,9,14-15,17H,5-8,10-11H2,1-2H3;1H. The van der Waals surface area contributed by atoms with Crippen molar-refractivity contribution in [3.8, 4) is 5.75 Å². The van der Waals surface area contributed by atoms with Crippen molar-refractivity contribution in [2.45, 2.75) is 44.8 Å². The van der Waals surface area contributed by atoms with Crippen molar-refractivity contribution in [1.29, 1.82) is 0 Å². The van der Waals surface area contributed by atoms with Gasteiger partial charge in [-0.25, -0.2) is 0 Å². The number of methoxy groups -OCH3 is 1. The highest BCUT2D eigenvalue weighted by atomic mass is 35.5. The van der Waals surface area contributed by atoms with E-state index in [4.69, 9.17) is 4.74 Å². The van der Waals surface area contributed by atoms with Crippen molar-refractivity contribution < 1.29 is 4.74 Å². The predicted octanol–water partition coefficient (Wildman–Crippen LogP) is 2.75. The van der Waals surface area contributed by atoms with Crippen molar-refractivity contribution in [3.05, 3.63) is 29.3 Å². The highest BCUT2D eigenvalue weighted by Crippen LogP contribution is 2.23. The third kappa shape index (κ3) is 3.46. The van der Waals surface area contributed by atoms with Crippen molar-refractivity contribution in [3.63, 3.8) is 0 Å². The first-order valence-corrected chi connectivity index (χ1v) is 7.36. The normalized spacial score (nSPS) is 25.9. The molecule has 1 aromatic rings. The molecule has 2 fully saturated rings. The van der Waals surface area contributed by atoms with Gasteiger partial charge >= 0.3 is 0 Å². The summed E-state index contributed by atoms with van der Waals surface area (Å²) >= 11 is 0. The smallest absolute Gasteiger partial charge is 0.122 e. The molecule has 2 saturated heterocycles. The Labute approximate surface area is 128 Å². The number of aryl methyl sites for hydroxylation is 1. The Morgan fingerprint density at radius 2 is 2.05 bits per heavy atom. The quantitative estimate of drug-likeness (QED) is 0.928. The lowest BCUT2D eigenvalue weighted by atomic mass is 10.1. The molecule has 0 aliphatic carbocycles. The van der Waals surface area contributed by atoms with Gasteiger partial charge in [0, 0.05) is 31.7 Å². The average molecular weight is 297 g/mol. The number of nitrogens with one attached hydrogen (secondary N) is 1. The Morgan fingerprint density at radius 1 is 1.25 bits per heavy atom. The molecular formula is C16H25ClN2O. The molecule has 2 unspecified atom stereocenters. The summed E-state index contributed by atoms with van der Waals surface area (Å²) in [7, 11) is 1.75. The monoisotopic (exact) mass is 296 g/mol. The zero-order chi connectivity index (χ0) is 13.2. The summed E-state index contributed by atoms with van der Waals surface area (Å²) in [6.07, 6.45) is 4.01. The molecule has 0 aromatic heterocycles. The topological polar surface area (TPSA) is 24.5 Å². The molecule has 1 aromatic carbocycles. The third-order valence-corrected chi connectivity index (χ3v) is 4.49. The maximum absolute atomic E-state index is 5.42. The molecule has 4 heteroatoms. The van der Waals surface area contributed by atoms with Crippen LogP contribution in [-0.4, -0.2) is 37.2 Å². The fraction of sp³-hybridized carbons (Fsp3) is 0.625. The first-order valence-electron chi connectivity index (χ1n) is 7.36. The second-order valence-corrected chi connectivity index (χ2v) is 5.97. The van der Waals surface area contributed by atoms with Gasteiger partial charge in [0.2, 0.25) is 0 Å². The van der Waals surface area contributed by atoms with Crippen LogP contribution in [0.25, 0.3) is 0 Å². The fourth-order valence-electron chi connectivity index (χ4n) is 3.38. The largest absolute Gasteiger partial charge is 0.496 e. The molecule has 0 amide bonds. The van der Waals surface area contributed by atoms with Crippen LogP contribution in [0.4, 0.5) is 0 Å². The number of rotatable bonds is 3. The molecule has 3 rings (SSSR count). The van der Waals surface area contributed by atoms with Gasteiger partial charge in [0.05, 0.1) is 7.11 Å². The molecule has 2 bridgehead atoms. The Bertz CT molecular complexity index is 452. The highest BCUT2D eigenvalue weighted by molar-refractivity contribution is 5.85. The molecule has 1 N–H and O–H groups in total. The predicted molar refractivity (Wildman–Crippen MR) is 84.8 cm³/mol. The average Bonchev–Trinajstić information content (AvgIpc) is 2.75. The van der Waals surface area contributed by atoms with Crippen LogP contribution in [0.3, 0.4) is 0 Å². The maximum Gasteiger partial charge on any atom is 0.122 e. The van der Waals surface area contributed by atoms with Crippen LogP contribution < -0.4 is 10.1 Å². The molecule has 2 aliphatic rings. The molecular weight excluding hydrogens is 272 g/mol. The molecule has 0 spiro atoms. The molecule has 0 saturated carbocycles. The third-order valence-electron chi connectivity index (χ3n) is 4.49. The second-order valence-electron chi connectivity index (χ2n) is 5.97. The van der Waals surface area contributed by atoms with Gasteiger partial charge in [-0.05, 0) is 43.4 Å². The summed E-state index contributed by atoms with van der Waals surface area (Å²) in [5.41, 5.74) is 2.57. The lowest BCUT2D eigenvalue weighted by Gasteiger charge is -2.24. The van der Waals surface area contributed by atoms with Crippen molar-refractivity contribution >= 4 is 12.4 Å². The minimum atomic E-state index is 0. The highest BCUT2D eigenvalue weighted by Gasteiger charge is 2.29. The summed E-state index contributed by atoms with van der Waals surface area (Å²) in [5.74, 6) is 1.01. The van der Waals surface area contributed by atoms with Crippen LogP contribution in [0.5, 0.6) is 5.75 Å². The Balaban J connectivity index is 0.00000147. The zero-order valence-electron chi connectivity index (χ0n) is 12.4. The van der Waals surface area contributed by atoms with Crippen molar-refractivity contribution in [2.24, 2.45) is 0 Å². The first-order chi connectivity index (χ1) is 9.24. The minimum Gasteiger partial charge on any atom is -0.496 e. The molecule has 3 nitrogen and oxygen atoms in total. The maximum atomic E-state index is 5.42. The summed E-state index contributed by atoms with van der Waals surface area (Å²) in [6.45, 7) is 5.54. The van der Waals surface area contributed by atoms with Crippen LogP contribution in [0.2, 0.25) is 0 Å². The van der Waals surface area contributed by atoms with E-state index in [1.807, 2.05) is 0 Å². The van der Waals surface area contributed by atoms with Crippen LogP contribution >= 0.6 is 12.4 Å². The summed E-state index contributed by atoms with van der Waals surface area (Å²) < 4.78 is 5.42.